The molecule has 0 spiro atoms. The summed E-state index contributed by atoms with van der Waals surface area (Å²) in [6.45, 7) is 2.39. The van der Waals surface area contributed by atoms with Gasteiger partial charge < -0.3 is 10.3 Å². The lowest BCUT2D eigenvalue weighted by Gasteiger charge is -2.05. The van der Waals surface area contributed by atoms with Crippen molar-refractivity contribution in [2.45, 2.75) is 6.92 Å². The van der Waals surface area contributed by atoms with Crippen molar-refractivity contribution in [3.63, 3.8) is 0 Å². The molecule has 1 aromatic heterocycles. The fourth-order valence-corrected chi connectivity index (χ4v) is 1.90. The number of nitrogens with one attached hydrogen (secondary N) is 2. The summed E-state index contributed by atoms with van der Waals surface area (Å²) in [5, 5.41) is 3.82. The van der Waals surface area contributed by atoms with Gasteiger partial charge in [-0.1, -0.05) is 12.1 Å². The van der Waals surface area contributed by atoms with E-state index >= 15 is 0 Å². The van der Waals surface area contributed by atoms with E-state index < -0.39 is 0 Å². The van der Waals surface area contributed by atoms with E-state index in [1.54, 1.807) is 6.07 Å². The van der Waals surface area contributed by atoms with Crippen LogP contribution in [0.5, 0.6) is 0 Å². The summed E-state index contributed by atoms with van der Waals surface area (Å²) in [5.41, 5.74) is 2.89. The van der Waals surface area contributed by atoms with E-state index in [0.717, 1.165) is 16.6 Å². The molecule has 2 aromatic rings. The minimum absolute atomic E-state index is 0.184. The second kappa shape index (κ2) is 4.10. The molecule has 1 aromatic carbocycles. The van der Waals surface area contributed by atoms with Gasteiger partial charge in [0.1, 0.15) is 17.7 Å². The van der Waals surface area contributed by atoms with Crippen LogP contribution in [0.2, 0.25) is 0 Å². The Morgan fingerprint density at radius 2 is 2.17 bits per heavy atom. The Balaban J connectivity index is 2.05. The third-order valence-electron chi connectivity index (χ3n) is 2.77. The van der Waals surface area contributed by atoms with Gasteiger partial charge in [0.2, 0.25) is 0 Å². The Labute approximate surface area is 103 Å². The minimum atomic E-state index is -0.184. The molecule has 1 aliphatic rings. The lowest BCUT2D eigenvalue weighted by molar-refractivity contribution is 1.03. The highest BCUT2D eigenvalue weighted by Gasteiger charge is 2.04. The Morgan fingerprint density at radius 1 is 1.28 bits per heavy atom. The van der Waals surface area contributed by atoms with Gasteiger partial charge in [-0.05, 0) is 30.7 Å². The molecule has 0 bridgehead atoms. The van der Waals surface area contributed by atoms with E-state index in [1.807, 2.05) is 31.2 Å². The van der Waals surface area contributed by atoms with Crippen molar-refractivity contribution in [2.24, 2.45) is 9.98 Å². The Kier molecular flexibility index (Phi) is 2.44. The third kappa shape index (κ3) is 1.90. The highest BCUT2D eigenvalue weighted by Crippen LogP contribution is 2.13. The van der Waals surface area contributed by atoms with Crippen LogP contribution in [0.25, 0.3) is 0 Å². The molecule has 5 nitrogen and oxygen atoms in total. The molecule has 18 heavy (non-hydrogen) atoms. The molecular weight excluding hydrogens is 228 g/mol. The molecule has 1 aliphatic heterocycles. The Morgan fingerprint density at radius 3 is 3.00 bits per heavy atom. The van der Waals surface area contributed by atoms with Crippen LogP contribution in [0.15, 0.2) is 45.1 Å². The molecular formula is C13H12N4O. The van der Waals surface area contributed by atoms with Crippen LogP contribution in [-0.4, -0.2) is 11.7 Å². The first-order valence-corrected chi connectivity index (χ1v) is 5.68. The first kappa shape index (κ1) is 10.7. The number of anilines is 2. The van der Waals surface area contributed by atoms with Crippen LogP contribution in [0.1, 0.15) is 5.56 Å². The molecule has 0 fully saturated rings. The van der Waals surface area contributed by atoms with Crippen molar-refractivity contribution in [1.82, 2.24) is 4.98 Å². The molecule has 2 N–H and O–H groups in total. The monoisotopic (exact) mass is 240 g/mol. The predicted octanol–water partition coefficient (Wildman–Crippen LogP) is 0.637. The summed E-state index contributed by atoms with van der Waals surface area (Å²) in [5.74, 6) is 0. The number of benzene rings is 1. The van der Waals surface area contributed by atoms with E-state index in [9.17, 15) is 4.79 Å². The maximum Gasteiger partial charge on any atom is 0.273 e. The van der Waals surface area contributed by atoms with Gasteiger partial charge in [0, 0.05) is 5.69 Å². The number of hydrogen-bond donors (Lipinski definition) is 2. The fourth-order valence-electron chi connectivity index (χ4n) is 1.90. The van der Waals surface area contributed by atoms with Crippen LogP contribution in [0.4, 0.5) is 11.4 Å². The first-order valence-electron chi connectivity index (χ1n) is 5.68. The molecule has 3 rings (SSSR count). The summed E-state index contributed by atoms with van der Waals surface area (Å²) in [4.78, 5) is 22.8. The molecule has 0 radical (unpaired) electrons. The van der Waals surface area contributed by atoms with E-state index in [1.165, 1.54) is 0 Å². The highest BCUT2D eigenvalue weighted by molar-refractivity contribution is 5.58. The molecule has 5 heteroatoms. The van der Waals surface area contributed by atoms with Crippen molar-refractivity contribution in [3.05, 3.63) is 57.1 Å². The number of aryl methyl sites for hydroxylation is 1. The van der Waals surface area contributed by atoms with Gasteiger partial charge in [0.15, 0.2) is 5.49 Å². The largest absolute Gasteiger partial charge is 0.351 e. The number of hydrogen-bond acceptors (Lipinski definition) is 4. The second-order valence-electron chi connectivity index (χ2n) is 4.20. The zero-order valence-corrected chi connectivity index (χ0v) is 9.90. The van der Waals surface area contributed by atoms with Crippen LogP contribution in [0, 0.1) is 6.92 Å². The third-order valence-corrected chi connectivity index (χ3v) is 2.77. The molecule has 90 valence electrons. The van der Waals surface area contributed by atoms with Crippen LogP contribution < -0.4 is 21.7 Å². The van der Waals surface area contributed by atoms with Crippen LogP contribution in [-0.2, 0) is 0 Å². The van der Waals surface area contributed by atoms with Crippen molar-refractivity contribution in [2.75, 3.05) is 12.0 Å². The van der Waals surface area contributed by atoms with E-state index in [-0.39, 0.29) is 5.56 Å². The maximum absolute atomic E-state index is 11.8. The van der Waals surface area contributed by atoms with Gasteiger partial charge in [0.05, 0.1) is 0 Å². The highest BCUT2D eigenvalue weighted by atomic mass is 16.1. The lowest BCUT2D eigenvalue weighted by atomic mass is 10.2. The van der Waals surface area contributed by atoms with Gasteiger partial charge in [-0.15, -0.1) is 0 Å². The Hall–Kier alpha value is -2.43. The first-order chi connectivity index (χ1) is 8.72. The van der Waals surface area contributed by atoms with Crippen LogP contribution >= 0.6 is 0 Å². The Bertz CT molecular complexity index is 776. The summed E-state index contributed by atoms with van der Waals surface area (Å²) in [7, 11) is 0. The zero-order valence-electron chi connectivity index (χ0n) is 9.90. The number of aromatic amines is 1. The topological polar surface area (TPSA) is 69.6 Å². The molecule has 0 amide bonds. The van der Waals surface area contributed by atoms with Crippen molar-refractivity contribution >= 4 is 11.4 Å². The van der Waals surface area contributed by atoms with Gasteiger partial charge in [0.25, 0.3) is 5.56 Å². The van der Waals surface area contributed by atoms with E-state index in [0.29, 0.717) is 17.8 Å². The summed E-state index contributed by atoms with van der Waals surface area (Å²) in [6.07, 6.45) is 0. The van der Waals surface area contributed by atoms with E-state index in [4.69, 9.17) is 0 Å². The van der Waals surface area contributed by atoms with Crippen molar-refractivity contribution in [3.8, 4) is 0 Å². The number of pyridine rings is 1. The number of H-pyrrole nitrogens is 1. The number of fused-ring (bicyclic) bond motifs is 1. The summed E-state index contributed by atoms with van der Waals surface area (Å²) in [6, 6.07) is 9.58. The van der Waals surface area contributed by atoms with Gasteiger partial charge in [-0.2, -0.15) is 0 Å². The molecule has 2 heterocycles. The standard InChI is InChI=1S/C13H12N4O/c1-8-3-2-4-9(5-8)16-11-6-10-12(15-7-14-10)17-13(11)18/h2-6,16H,7H2,1H3,(H,15,17,18). The molecule has 0 saturated heterocycles. The SMILES string of the molecule is Cc1cccc(Nc2cc3c([nH]c2=O)=NCN=3)c1. The maximum atomic E-state index is 11.8. The second-order valence-corrected chi connectivity index (χ2v) is 4.20. The average molecular weight is 240 g/mol. The van der Waals surface area contributed by atoms with Crippen LogP contribution in [0.3, 0.4) is 0 Å². The summed E-state index contributed by atoms with van der Waals surface area (Å²) < 4.78 is 0. The molecule has 0 atom stereocenters. The molecule has 0 saturated carbocycles. The predicted molar refractivity (Wildman–Crippen MR) is 68.7 cm³/mol. The number of rotatable bonds is 2. The van der Waals surface area contributed by atoms with Crippen molar-refractivity contribution in [1.29, 1.82) is 0 Å². The minimum Gasteiger partial charge on any atom is -0.351 e. The normalized spacial score (nSPS) is 12.5. The number of nitrogens with zero attached hydrogens (tertiary/aromatic N) is 2. The fraction of sp³-hybridized carbons (Fsp3) is 0.154. The van der Waals surface area contributed by atoms with Crippen molar-refractivity contribution < 1.29 is 0 Å². The molecule has 0 aliphatic carbocycles. The van der Waals surface area contributed by atoms with Gasteiger partial charge in [-0.3, -0.25) is 9.79 Å². The number of aromatic nitrogens is 1. The summed E-state index contributed by atoms with van der Waals surface area (Å²) >= 11 is 0. The lowest BCUT2D eigenvalue weighted by Crippen LogP contribution is -2.33. The average Bonchev–Trinajstić information content (AvgIpc) is 2.76. The van der Waals surface area contributed by atoms with E-state index in [2.05, 4.69) is 20.3 Å². The van der Waals surface area contributed by atoms with Gasteiger partial charge >= 0.3 is 0 Å². The molecule has 0 unspecified atom stereocenters. The zero-order chi connectivity index (χ0) is 12.5. The quantitative estimate of drug-likeness (QED) is 0.808. The smallest absolute Gasteiger partial charge is 0.273 e. The van der Waals surface area contributed by atoms with Gasteiger partial charge in [-0.25, -0.2) is 4.99 Å².